The summed E-state index contributed by atoms with van der Waals surface area (Å²) in [5, 5.41) is 64.2. The quantitative estimate of drug-likeness (QED) is 0.106. The van der Waals surface area contributed by atoms with E-state index in [-0.39, 0.29) is 55.4 Å². The number of rotatable bonds is 11. The Labute approximate surface area is 354 Å². The molecule has 20 unspecified atom stereocenters. The Balaban J connectivity index is 1.09. The monoisotopic (exact) mass is 841 g/mol. The van der Waals surface area contributed by atoms with Gasteiger partial charge in [-0.2, -0.15) is 0 Å². The van der Waals surface area contributed by atoms with Gasteiger partial charge in [0.15, 0.2) is 0 Å². The molecule has 4 aliphatic carbocycles. The summed E-state index contributed by atoms with van der Waals surface area (Å²) in [4.78, 5) is 54.7. The highest BCUT2D eigenvalue weighted by atomic mass is 16.5. The van der Waals surface area contributed by atoms with Crippen LogP contribution in [-0.4, -0.2) is 95.1 Å². The molecule has 0 aromatic carbocycles. The van der Waals surface area contributed by atoms with Crippen LogP contribution in [0.4, 0.5) is 0 Å². The highest BCUT2D eigenvalue weighted by molar-refractivity contribution is 5.90. The minimum atomic E-state index is -1.84. The number of hydrogen-bond acceptors (Lipinski definition) is 13. The number of esters is 1. The third kappa shape index (κ3) is 8.02. The predicted molar refractivity (Wildman–Crippen MR) is 220 cm³/mol. The smallest absolute Gasteiger partial charge is 0.310 e. The van der Waals surface area contributed by atoms with Gasteiger partial charge in [-0.1, -0.05) is 77.6 Å². The summed E-state index contributed by atoms with van der Waals surface area (Å²) in [6.07, 6.45) is 17.6. The molecule has 5 saturated heterocycles. The van der Waals surface area contributed by atoms with Crippen molar-refractivity contribution in [1.29, 1.82) is 0 Å². The lowest BCUT2D eigenvalue weighted by Gasteiger charge is -2.46. The van der Waals surface area contributed by atoms with E-state index in [1.807, 2.05) is 0 Å². The van der Waals surface area contributed by atoms with Gasteiger partial charge in [0.1, 0.15) is 0 Å². The molecule has 0 aromatic rings. The zero-order valence-electron chi connectivity index (χ0n) is 35.4. The van der Waals surface area contributed by atoms with E-state index in [2.05, 4.69) is 49.5 Å². The number of carbonyl (C=O) groups is 4. The van der Waals surface area contributed by atoms with E-state index >= 15 is 0 Å². The molecule has 0 aromatic heterocycles. The summed E-state index contributed by atoms with van der Waals surface area (Å²) in [6, 6.07) is 0. The van der Waals surface area contributed by atoms with Crippen LogP contribution >= 0.6 is 0 Å². The van der Waals surface area contributed by atoms with Gasteiger partial charge in [-0.05, 0) is 80.5 Å². The molecular weight excluding hydrogens is 769 g/mol. The van der Waals surface area contributed by atoms with Crippen LogP contribution in [0.15, 0.2) is 0 Å². The van der Waals surface area contributed by atoms with Crippen molar-refractivity contribution >= 4 is 23.9 Å². The van der Waals surface area contributed by atoms with Crippen molar-refractivity contribution in [1.82, 2.24) is 42.5 Å². The van der Waals surface area contributed by atoms with E-state index in [4.69, 9.17) is 4.74 Å². The molecule has 0 radical (unpaired) electrons. The molecule has 336 valence electrons. The summed E-state index contributed by atoms with van der Waals surface area (Å²) >= 11 is 0. The molecule has 0 spiro atoms. The minimum Gasteiger partial charge on any atom is -0.481 e. The van der Waals surface area contributed by atoms with E-state index < -0.39 is 71.7 Å². The van der Waals surface area contributed by atoms with Gasteiger partial charge in [-0.25, -0.2) is 0 Å². The number of carboxylic acid groups (broad SMARTS) is 3. The number of aliphatic carboxylic acids is 3. The number of ether oxygens (including phenoxy) is 1. The Morgan fingerprint density at radius 3 is 1.08 bits per heavy atom. The fraction of sp³-hybridized carbons (Fsp3) is 0.909. The van der Waals surface area contributed by atoms with Crippen molar-refractivity contribution < 1.29 is 39.2 Å². The molecule has 16 nitrogen and oxygen atoms in total. The predicted octanol–water partition coefficient (Wildman–Crippen LogP) is 2.67. The lowest BCUT2D eigenvalue weighted by molar-refractivity contribution is -0.184. The fourth-order valence-corrected chi connectivity index (χ4v) is 14.6. The van der Waals surface area contributed by atoms with Crippen molar-refractivity contribution in [3.05, 3.63) is 0 Å². The fourth-order valence-electron chi connectivity index (χ4n) is 14.6. The number of carboxylic acids is 3. The average molecular weight is 841 g/mol. The maximum absolute atomic E-state index is 14.5. The normalized spacial score (nSPS) is 47.0. The molecule has 8 bridgehead atoms. The molecule has 16 heteroatoms. The molecule has 9 rings (SSSR count). The Morgan fingerprint density at radius 2 is 0.717 bits per heavy atom. The summed E-state index contributed by atoms with van der Waals surface area (Å²) in [7, 11) is 0. The van der Waals surface area contributed by atoms with Gasteiger partial charge in [0.05, 0.1) is 79.6 Å². The van der Waals surface area contributed by atoms with Crippen LogP contribution < -0.4 is 42.5 Å². The van der Waals surface area contributed by atoms with Crippen molar-refractivity contribution in [2.75, 3.05) is 6.61 Å². The van der Waals surface area contributed by atoms with Crippen LogP contribution in [0.5, 0.6) is 0 Å². The minimum absolute atomic E-state index is 0.0110. The van der Waals surface area contributed by atoms with Gasteiger partial charge >= 0.3 is 23.9 Å². The zero-order valence-corrected chi connectivity index (χ0v) is 35.4. The largest absolute Gasteiger partial charge is 0.481 e. The topological polar surface area (TPSA) is 234 Å². The Morgan fingerprint density at radius 1 is 0.417 bits per heavy atom. The first-order valence-corrected chi connectivity index (χ1v) is 24.1. The summed E-state index contributed by atoms with van der Waals surface area (Å²) in [5.74, 6) is -11.4. The summed E-state index contributed by atoms with van der Waals surface area (Å²) < 4.78 is 5.93. The molecule has 9 fully saturated rings. The lowest BCUT2D eigenvalue weighted by Crippen LogP contribution is -2.62. The third-order valence-corrected chi connectivity index (χ3v) is 17.1. The third-order valence-electron chi connectivity index (χ3n) is 17.1. The highest BCUT2D eigenvalue weighted by Crippen LogP contribution is 2.53. The van der Waals surface area contributed by atoms with Crippen molar-refractivity contribution in [3.63, 3.8) is 0 Å². The number of unbranched alkanes of at least 4 members (excludes halogenated alkanes) is 5. The van der Waals surface area contributed by atoms with E-state index in [9.17, 15) is 34.5 Å². The maximum atomic E-state index is 14.5. The second-order valence-corrected chi connectivity index (χ2v) is 20.2. The first kappa shape index (κ1) is 42.8. The zero-order chi connectivity index (χ0) is 41.7. The van der Waals surface area contributed by atoms with Crippen LogP contribution in [0.1, 0.15) is 122 Å². The molecular formula is C44H72N8O8. The van der Waals surface area contributed by atoms with Crippen LogP contribution in [0, 0.1) is 71.0 Å². The van der Waals surface area contributed by atoms with Crippen LogP contribution in [0.2, 0.25) is 0 Å². The van der Waals surface area contributed by atoms with Crippen molar-refractivity contribution in [2.45, 2.75) is 172 Å². The Bertz CT molecular complexity index is 1580. The van der Waals surface area contributed by atoms with E-state index in [0.717, 1.165) is 83.5 Å². The molecule has 5 heterocycles. The molecule has 5 aliphatic heterocycles. The molecule has 9 aliphatic rings. The number of carbonyl (C=O) groups excluding carboxylic acids is 1. The van der Waals surface area contributed by atoms with Gasteiger partial charge in [-0.15, -0.1) is 0 Å². The molecule has 20 atom stereocenters. The van der Waals surface area contributed by atoms with E-state index in [1.54, 1.807) is 0 Å². The SMILES string of the molecule is CCCCCCCCOC(=O)C1C(C(=O)O)C(C(=O)O)C(C(=O)O)C2C3NC4NC(NC5NC(NC6NC(NC(N3)C12)C1CCCCC61)C1CCCCC51)C1CCCCC41. The first-order valence-electron chi connectivity index (χ1n) is 24.1. The van der Waals surface area contributed by atoms with Gasteiger partial charge in [-0.3, -0.25) is 61.7 Å². The second kappa shape index (κ2) is 18.3. The van der Waals surface area contributed by atoms with Crippen LogP contribution in [-0.2, 0) is 23.9 Å². The van der Waals surface area contributed by atoms with Gasteiger partial charge < -0.3 is 20.1 Å². The van der Waals surface area contributed by atoms with Gasteiger partial charge in [0.25, 0.3) is 0 Å². The van der Waals surface area contributed by atoms with E-state index in [0.29, 0.717) is 30.1 Å². The van der Waals surface area contributed by atoms with Crippen molar-refractivity contribution in [2.24, 2.45) is 71.0 Å². The lowest BCUT2D eigenvalue weighted by atomic mass is 9.56. The van der Waals surface area contributed by atoms with Gasteiger partial charge in [0, 0.05) is 11.8 Å². The van der Waals surface area contributed by atoms with Crippen LogP contribution in [0.3, 0.4) is 0 Å². The molecule has 0 amide bonds. The Hall–Kier alpha value is -2.44. The molecule has 4 saturated carbocycles. The molecule has 11 N–H and O–H groups in total. The first-order chi connectivity index (χ1) is 29.1. The second-order valence-electron chi connectivity index (χ2n) is 20.2. The average Bonchev–Trinajstić information content (AvgIpc) is 3.98. The number of hydrogen-bond donors (Lipinski definition) is 11. The van der Waals surface area contributed by atoms with Crippen molar-refractivity contribution in [3.8, 4) is 0 Å². The Kier molecular flexibility index (Phi) is 13.1. The number of fused-ring (bicyclic) bond motifs is 20. The maximum Gasteiger partial charge on any atom is 0.310 e. The standard InChI is InChI=1S/C44H72N8O8/c1-2-3-4-5-6-13-20-60-44(59)32-28-27(29(41(53)54)30(42(55)56)31(32)43(57)58)39-50-37-25-18-11-9-16-23(25)35(48-37)46-33-21-14-7-8-15-22(21)34(45-33)47-36-24-17-10-12-19-26(24)38(49-36)51-40(28)52-39/h21-40,45-52H,2-20H2,1H3,(H,53,54)(H,55,56)(H,57,58). The summed E-state index contributed by atoms with van der Waals surface area (Å²) in [6.45, 7) is 2.25. The van der Waals surface area contributed by atoms with E-state index in [1.165, 1.54) is 25.7 Å². The molecule has 60 heavy (non-hydrogen) atoms. The summed E-state index contributed by atoms with van der Waals surface area (Å²) in [5.41, 5.74) is 0. The highest BCUT2D eigenvalue weighted by Gasteiger charge is 2.67. The van der Waals surface area contributed by atoms with Gasteiger partial charge in [0.2, 0.25) is 0 Å². The number of nitrogens with one attached hydrogen (secondary N) is 8. The van der Waals surface area contributed by atoms with Crippen LogP contribution in [0.25, 0.3) is 0 Å².